The van der Waals surface area contributed by atoms with Crippen LogP contribution in [-0.4, -0.2) is 7.11 Å². The molecule has 0 saturated heterocycles. The lowest BCUT2D eigenvalue weighted by molar-refractivity contribution is 0.412. The van der Waals surface area contributed by atoms with Crippen LogP contribution in [0.4, 0.5) is 0 Å². The van der Waals surface area contributed by atoms with E-state index in [-0.39, 0.29) is 0 Å². The second-order valence-electron chi connectivity index (χ2n) is 4.26. The Hall–Kier alpha value is -1.89. The molecule has 0 aromatic heterocycles. The Labute approximate surface area is 119 Å². The Balaban J connectivity index is 2.74. The summed E-state index contributed by atoms with van der Waals surface area (Å²) >= 11 is 0. The SMILES string of the molecule is C=Cc1ccccc1P(=O)(OC)c1ccccc1C=C. The Morgan fingerprint density at radius 1 is 0.900 bits per heavy atom. The number of hydrogen-bond acceptors (Lipinski definition) is 2. The standard InChI is InChI=1S/C17H17O2P/c1-4-14-10-6-8-12-16(14)20(18,19-3)17-13-9-7-11-15(17)5-2/h4-13H,1-2H2,3H3. The highest BCUT2D eigenvalue weighted by molar-refractivity contribution is 7.74. The molecule has 0 fully saturated rings. The maximum Gasteiger partial charge on any atom is 0.262 e. The van der Waals surface area contributed by atoms with Gasteiger partial charge in [0.15, 0.2) is 0 Å². The van der Waals surface area contributed by atoms with Gasteiger partial charge in [-0.15, -0.1) is 0 Å². The van der Waals surface area contributed by atoms with Gasteiger partial charge in [-0.1, -0.05) is 61.7 Å². The van der Waals surface area contributed by atoms with Gasteiger partial charge >= 0.3 is 0 Å². The highest BCUT2D eigenvalue weighted by Gasteiger charge is 2.30. The van der Waals surface area contributed by atoms with E-state index in [0.29, 0.717) is 10.6 Å². The zero-order valence-electron chi connectivity index (χ0n) is 11.5. The summed E-state index contributed by atoms with van der Waals surface area (Å²) in [5.74, 6) is 0. The first-order chi connectivity index (χ1) is 9.67. The number of benzene rings is 2. The van der Waals surface area contributed by atoms with Crippen LogP contribution in [0.3, 0.4) is 0 Å². The molecule has 2 rings (SSSR count). The lowest BCUT2D eigenvalue weighted by Crippen LogP contribution is -2.21. The van der Waals surface area contributed by atoms with Gasteiger partial charge in [0.25, 0.3) is 7.37 Å². The highest BCUT2D eigenvalue weighted by atomic mass is 31.2. The lowest BCUT2D eigenvalue weighted by Gasteiger charge is -2.20. The Kier molecular flexibility index (Phi) is 4.39. The molecule has 0 N–H and O–H groups in total. The molecular formula is C17H17O2P. The third-order valence-corrected chi connectivity index (χ3v) is 5.80. The van der Waals surface area contributed by atoms with E-state index in [2.05, 4.69) is 13.2 Å². The summed E-state index contributed by atoms with van der Waals surface area (Å²) in [4.78, 5) is 0. The van der Waals surface area contributed by atoms with Crippen LogP contribution < -0.4 is 10.6 Å². The van der Waals surface area contributed by atoms with Crippen LogP contribution >= 0.6 is 7.37 Å². The molecule has 102 valence electrons. The van der Waals surface area contributed by atoms with Crippen molar-refractivity contribution in [3.8, 4) is 0 Å². The summed E-state index contributed by atoms with van der Waals surface area (Å²) in [6.45, 7) is 7.56. The molecule has 0 unspecified atom stereocenters. The maximum atomic E-state index is 13.4. The van der Waals surface area contributed by atoms with E-state index in [1.807, 2.05) is 48.5 Å². The van der Waals surface area contributed by atoms with Crippen molar-refractivity contribution in [1.82, 2.24) is 0 Å². The highest BCUT2D eigenvalue weighted by Crippen LogP contribution is 2.45. The molecule has 0 heterocycles. The summed E-state index contributed by atoms with van der Waals surface area (Å²) in [5.41, 5.74) is 1.63. The van der Waals surface area contributed by atoms with Crippen LogP contribution in [0.2, 0.25) is 0 Å². The van der Waals surface area contributed by atoms with Crippen LogP contribution in [0, 0.1) is 0 Å². The van der Waals surface area contributed by atoms with Gasteiger partial charge < -0.3 is 4.52 Å². The minimum absolute atomic E-state index is 0.659. The van der Waals surface area contributed by atoms with Crippen LogP contribution in [0.1, 0.15) is 11.1 Å². The smallest absolute Gasteiger partial charge is 0.262 e. The van der Waals surface area contributed by atoms with Gasteiger partial charge in [0.1, 0.15) is 0 Å². The minimum atomic E-state index is -3.16. The van der Waals surface area contributed by atoms with Crippen molar-refractivity contribution in [2.24, 2.45) is 0 Å². The first-order valence-electron chi connectivity index (χ1n) is 6.27. The van der Waals surface area contributed by atoms with Crippen molar-refractivity contribution < 1.29 is 9.09 Å². The molecular weight excluding hydrogens is 267 g/mol. The van der Waals surface area contributed by atoms with Gasteiger partial charge in [0, 0.05) is 17.7 Å². The summed E-state index contributed by atoms with van der Waals surface area (Å²) in [6, 6.07) is 14.9. The van der Waals surface area contributed by atoms with E-state index in [9.17, 15) is 4.57 Å². The van der Waals surface area contributed by atoms with Gasteiger partial charge in [-0.2, -0.15) is 0 Å². The molecule has 0 atom stereocenters. The first kappa shape index (κ1) is 14.5. The third-order valence-electron chi connectivity index (χ3n) is 3.20. The maximum absolute atomic E-state index is 13.4. The topological polar surface area (TPSA) is 26.3 Å². The van der Waals surface area contributed by atoms with Crippen molar-refractivity contribution in [2.45, 2.75) is 0 Å². The second-order valence-corrected chi connectivity index (χ2v) is 6.69. The van der Waals surface area contributed by atoms with E-state index >= 15 is 0 Å². The van der Waals surface area contributed by atoms with Crippen molar-refractivity contribution in [3.05, 3.63) is 72.8 Å². The zero-order valence-corrected chi connectivity index (χ0v) is 12.3. The summed E-state index contributed by atoms with van der Waals surface area (Å²) in [6.07, 6.45) is 3.38. The quantitative estimate of drug-likeness (QED) is 0.780. The van der Waals surface area contributed by atoms with Crippen molar-refractivity contribution in [3.63, 3.8) is 0 Å². The van der Waals surface area contributed by atoms with Gasteiger partial charge in [-0.25, -0.2) is 0 Å². The van der Waals surface area contributed by atoms with Crippen LogP contribution in [0.15, 0.2) is 61.7 Å². The number of hydrogen-bond donors (Lipinski definition) is 0. The van der Waals surface area contributed by atoms with Crippen LogP contribution in [0.25, 0.3) is 12.2 Å². The predicted molar refractivity (Wildman–Crippen MR) is 86.9 cm³/mol. The average Bonchev–Trinajstić information content (AvgIpc) is 2.54. The molecule has 0 bridgehead atoms. The number of rotatable bonds is 5. The zero-order chi connectivity index (χ0) is 14.6. The molecule has 2 aromatic carbocycles. The predicted octanol–water partition coefficient (Wildman–Crippen LogP) is 3.85. The fourth-order valence-corrected chi connectivity index (χ4v) is 4.41. The van der Waals surface area contributed by atoms with Gasteiger partial charge in [0.05, 0.1) is 0 Å². The summed E-state index contributed by atoms with van der Waals surface area (Å²) in [7, 11) is -1.68. The van der Waals surface area contributed by atoms with E-state index < -0.39 is 7.37 Å². The van der Waals surface area contributed by atoms with Crippen LogP contribution in [0.5, 0.6) is 0 Å². The van der Waals surface area contributed by atoms with E-state index in [4.69, 9.17) is 4.52 Å². The van der Waals surface area contributed by atoms with E-state index in [0.717, 1.165) is 11.1 Å². The Morgan fingerprint density at radius 2 is 1.30 bits per heavy atom. The fourth-order valence-electron chi connectivity index (χ4n) is 2.18. The molecule has 0 saturated carbocycles. The second kappa shape index (κ2) is 6.04. The third kappa shape index (κ3) is 2.40. The molecule has 20 heavy (non-hydrogen) atoms. The molecule has 0 aliphatic carbocycles. The minimum Gasteiger partial charge on any atom is -0.325 e. The lowest BCUT2D eigenvalue weighted by atomic mass is 10.2. The van der Waals surface area contributed by atoms with Crippen molar-refractivity contribution in [2.75, 3.05) is 7.11 Å². The molecule has 0 amide bonds. The molecule has 0 aliphatic rings. The monoisotopic (exact) mass is 284 g/mol. The van der Waals surface area contributed by atoms with Gasteiger partial charge in [0.2, 0.25) is 0 Å². The normalized spacial score (nSPS) is 11.1. The van der Waals surface area contributed by atoms with E-state index in [1.165, 1.54) is 7.11 Å². The van der Waals surface area contributed by atoms with Gasteiger partial charge in [-0.3, -0.25) is 4.57 Å². The molecule has 0 spiro atoms. The largest absolute Gasteiger partial charge is 0.325 e. The Morgan fingerprint density at radius 3 is 1.65 bits per heavy atom. The molecule has 2 aromatic rings. The first-order valence-corrected chi connectivity index (χ1v) is 7.89. The van der Waals surface area contributed by atoms with Crippen molar-refractivity contribution >= 4 is 30.1 Å². The van der Waals surface area contributed by atoms with E-state index in [1.54, 1.807) is 12.2 Å². The molecule has 0 aliphatic heterocycles. The van der Waals surface area contributed by atoms with Crippen molar-refractivity contribution in [1.29, 1.82) is 0 Å². The molecule has 2 nitrogen and oxygen atoms in total. The summed E-state index contributed by atoms with van der Waals surface area (Å²) < 4.78 is 18.9. The Bertz CT molecular complexity index is 633. The fraction of sp³-hybridized carbons (Fsp3) is 0.0588. The molecule has 3 heteroatoms. The molecule has 0 radical (unpaired) electrons. The summed E-state index contributed by atoms with van der Waals surface area (Å²) in [5, 5.41) is 1.32. The van der Waals surface area contributed by atoms with Crippen LogP contribution in [-0.2, 0) is 9.09 Å². The van der Waals surface area contributed by atoms with Gasteiger partial charge in [-0.05, 0) is 23.3 Å². The average molecular weight is 284 g/mol.